The van der Waals surface area contributed by atoms with Gasteiger partial charge in [0.05, 0.1) is 12.7 Å². The fourth-order valence-corrected chi connectivity index (χ4v) is 2.73. The number of hydrogen-bond donors (Lipinski definition) is 1. The van der Waals surface area contributed by atoms with Crippen LogP contribution in [0.2, 0.25) is 0 Å². The summed E-state index contributed by atoms with van der Waals surface area (Å²) in [7, 11) is 1.65. The topological polar surface area (TPSA) is 29.5 Å². The van der Waals surface area contributed by atoms with Gasteiger partial charge in [0.2, 0.25) is 0 Å². The Morgan fingerprint density at radius 1 is 1.45 bits per heavy atom. The minimum atomic E-state index is -0.185. The molecular formula is C9H16O2. The van der Waals surface area contributed by atoms with Crippen LogP contribution in [0.4, 0.5) is 0 Å². The molecule has 0 heterocycles. The van der Waals surface area contributed by atoms with Gasteiger partial charge < -0.3 is 9.84 Å². The van der Waals surface area contributed by atoms with E-state index in [-0.39, 0.29) is 6.10 Å². The molecular weight excluding hydrogens is 140 g/mol. The zero-order valence-electron chi connectivity index (χ0n) is 6.99. The molecule has 0 spiro atoms. The monoisotopic (exact) mass is 156 g/mol. The lowest BCUT2D eigenvalue weighted by Gasteiger charge is -2.10. The van der Waals surface area contributed by atoms with Crippen molar-refractivity contribution in [3.63, 3.8) is 0 Å². The van der Waals surface area contributed by atoms with Crippen molar-refractivity contribution in [3.8, 4) is 0 Å². The summed E-state index contributed by atoms with van der Waals surface area (Å²) < 4.78 is 4.92. The molecule has 3 unspecified atom stereocenters. The Morgan fingerprint density at radius 2 is 2.09 bits per heavy atom. The van der Waals surface area contributed by atoms with Gasteiger partial charge in [-0.1, -0.05) is 6.42 Å². The second-order valence-electron chi connectivity index (χ2n) is 3.86. The van der Waals surface area contributed by atoms with E-state index in [1.54, 1.807) is 7.11 Å². The molecule has 11 heavy (non-hydrogen) atoms. The van der Waals surface area contributed by atoms with E-state index in [0.29, 0.717) is 12.5 Å². The van der Waals surface area contributed by atoms with E-state index in [0.717, 1.165) is 11.8 Å². The highest BCUT2D eigenvalue weighted by Gasteiger charge is 2.55. The second kappa shape index (κ2) is 2.76. The quantitative estimate of drug-likeness (QED) is 0.661. The smallest absolute Gasteiger partial charge is 0.0807 e. The van der Waals surface area contributed by atoms with Gasteiger partial charge in [0.15, 0.2) is 0 Å². The van der Waals surface area contributed by atoms with Crippen LogP contribution >= 0.6 is 0 Å². The third-order valence-corrected chi connectivity index (χ3v) is 3.25. The van der Waals surface area contributed by atoms with Crippen molar-refractivity contribution in [2.45, 2.75) is 25.4 Å². The average molecular weight is 156 g/mol. The highest BCUT2D eigenvalue weighted by Crippen LogP contribution is 2.58. The molecule has 0 aromatic carbocycles. The Kier molecular flexibility index (Phi) is 1.90. The molecule has 2 fully saturated rings. The van der Waals surface area contributed by atoms with Crippen LogP contribution in [0.3, 0.4) is 0 Å². The van der Waals surface area contributed by atoms with Crippen LogP contribution in [0.1, 0.15) is 19.3 Å². The molecule has 0 aliphatic heterocycles. The largest absolute Gasteiger partial charge is 0.390 e. The Labute approximate surface area is 67.6 Å². The number of methoxy groups -OCH3 is 1. The van der Waals surface area contributed by atoms with Crippen molar-refractivity contribution in [1.29, 1.82) is 0 Å². The first kappa shape index (κ1) is 7.56. The van der Waals surface area contributed by atoms with E-state index < -0.39 is 0 Å². The fourth-order valence-electron chi connectivity index (χ4n) is 2.73. The van der Waals surface area contributed by atoms with Crippen molar-refractivity contribution in [2.75, 3.05) is 13.7 Å². The maximum absolute atomic E-state index is 9.57. The number of fused-ring (bicyclic) bond motifs is 1. The summed E-state index contributed by atoms with van der Waals surface area (Å²) >= 11 is 0. The molecule has 64 valence electrons. The molecule has 0 bridgehead atoms. The minimum Gasteiger partial charge on any atom is -0.390 e. The van der Waals surface area contributed by atoms with E-state index >= 15 is 0 Å². The zero-order chi connectivity index (χ0) is 7.84. The predicted octanol–water partition coefficient (Wildman–Crippen LogP) is 1.04. The number of ether oxygens (including phenoxy) is 1. The Bertz CT molecular complexity index is 136. The summed E-state index contributed by atoms with van der Waals surface area (Å²) in [6, 6.07) is 0. The van der Waals surface area contributed by atoms with Gasteiger partial charge in [0.1, 0.15) is 0 Å². The Hall–Kier alpha value is -0.0800. The van der Waals surface area contributed by atoms with Crippen LogP contribution in [0, 0.1) is 17.8 Å². The molecule has 0 saturated heterocycles. The molecule has 2 aliphatic rings. The lowest BCUT2D eigenvalue weighted by Crippen LogP contribution is -2.19. The molecule has 2 aliphatic carbocycles. The SMILES string of the molecule is COCC(O)C1C2CCCC21. The first-order valence-corrected chi connectivity index (χ1v) is 4.51. The number of aliphatic hydroxyl groups excluding tert-OH is 1. The highest BCUT2D eigenvalue weighted by atomic mass is 16.5. The van der Waals surface area contributed by atoms with Crippen molar-refractivity contribution < 1.29 is 9.84 Å². The van der Waals surface area contributed by atoms with Crippen LogP contribution in [0.15, 0.2) is 0 Å². The van der Waals surface area contributed by atoms with Gasteiger partial charge in [-0.2, -0.15) is 0 Å². The average Bonchev–Trinajstić information content (AvgIpc) is 2.47. The summed E-state index contributed by atoms with van der Waals surface area (Å²) in [5.74, 6) is 2.28. The number of hydrogen-bond acceptors (Lipinski definition) is 2. The summed E-state index contributed by atoms with van der Waals surface area (Å²) in [6.45, 7) is 0.525. The van der Waals surface area contributed by atoms with Crippen LogP contribution in [-0.4, -0.2) is 24.9 Å². The molecule has 0 amide bonds. The zero-order valence-corrected chi connectivity index (χ0v) is 6.99. The number of rotatable bonds is 3. The van der Waals surface area contributed by atoms with E-state index in [1.165, 1.54) is 19.3 Å². The normalized spacial score (nSPS) is 43.6. The standard InChI is InChI=1S/C9H16O2/c1-11-5-8(10)9-6-3-2-4-7(6)9/h6-10H,2-5H2,1H3. The van der Waals surface area contributed by atoms with E-state index in [9.17, 15) is 5.11 Å². The first-order chi connectivity index (χ1) is 5.34. The summed E-state index contributed by atoms with van der Waals surface area (Å²) in [6.07, 6.45) is 3.88. The van der Waals surface area contributed by atoms with Crippen LogP contribution in [0.5, 0.6) is 0 Å². The van der Waals surface area contributed by atoms with E-state index in [4.69, 9.17) is 4.74 Å². The first-order valence-electron chi connectivity index (χ1n) is 4.51. The summed E-state index contributed by atoms with van der Waals surface area (Å²) in [5.41, 5.74) is 0. The minimum absolute atomic E-state index is 0.185. The van der Waals surface area contributed by atoms with Crippen molar-refractivity contribution in [3.05, 3.63) is 0 Å². The second-order valence-corrected chi connectivity index (χ2v) is 3.86. The van der Waals surface area contributed by atoms with Crippen molar-refractivity contribution in [1.82, 2.24) is 0 Å². The molecule has 2 heteroatoms. The Balaban J connectivity index is 1.80. The van der Waals surface area contributed by atoms with Crippen LogP contribution in [-0.2, 0) is 4.74 Å². The molecule has 0 aromatic rings. The lowest BCUT2D eigenvalue weighted by atomic mass is 10.1. The molecule has 2 rings (SSSR count). The molecule has 0 aromatic heterocycles. The van der Waals surface area contributed by atoms with Gasteiger partial charge in [-0.25, -0.2) is 0 Å². The summed E-state index contributed by atoms with van der Waals surface area (Å²) in [4.78, 5) is 0. The van der Waals surface area contributed by atoms with Gasteiger partial charge in [-0.3, -0.25) is 0 Å². The van der Waals surface area contributed by atoms with E-state index in [1.807, 2.05) is 0 Å². The van der Waals surface area contributed by atoms with Gasteiger partial charge in [-0.15, -0.1) is 0 Å². The third kappa shape index (κ3) is 1.18. The molecule has 3 atom stereocenters. The number of aliphatic hydroxyl groups is 1. The molecule has 2 saturated carbocycles. The maximum Gasteiger partial charge on any atom is 0.0807 e. The fraction of sp³-hybridized carbons (Fsp3) is 1.00. The molecule has 0 radical (unpaired) electrons. The summed E-state index contributed by atoms with van der Waals surface area (Å²) in [5, 5.41) is 9.57. The van der Waals surface area contributed by atoms with Gasteiger partial charge in [-0.05, 0) is 30.6 Å². The predicted molar refractivity (Wildman–Crippen MR) is 42.2 cm³/mol. The van der Waals surface area contributed by atoms with Crippen molar-refractivity contribution in [2.24, 2.45) is 17.8 Å². The molecule has 2 nitrogen and oxygen atoms in total. The van der Waals surface area contributed by atoms with E-state index in [2.05, 4.69) is 0 Å². The lowest BCUT2D eigenvalue weighted by molar-refractivity contribution is 0.0423. The highest BCUT2D eigenvalue weighted by molar-refractivity contribution is 5.04. The van der Waals surface area contributed by atoms with Gasteiger partial charge >= 0.3 is 0 Å². The maximum atomic E-state index is 9.57. The molecule has 1 N–H and O–H groups in total. The third-order valence-electron chi connectivity index (χ3n) is 3.25. The van der Waals surface area contributed by atoms with Gasteiger partial charge in [0.25, 0.3) is 0 Å². The van der Waals surface area contributed by atoms with Crippen LogP contribution < -0.4 is 0 Å². The van der Waals surface area contributed by atoms with Crippen LogP contribution in [0.25, 0.3) is 0 Å². The van der Waals surface area contributed by atoms with Crippen molar-refractivity contribution >= 4 is 0 Å². The van der Waals surface area contributed by atoms with Gasteiger partial charge in [0, 0.05) is 7.11 Å². The Morgan fingerprint density at radius 3 is 2.64 bits per heavy atom.